The molecule has 64 valence electrons. The van der Waals surface area contributed by atoms with Crippen LogP contribution in [-0.4, -0.2) is 12.7 Å². The first-order valence-corrected chi connectivity index (χ1v) is 4.41. The molecule has 0 amide bonds. The molecule has 0 aromatic rings. The van der Waals surface area contributed by atoms with Gasteiger partial charge in [-0.1, -0.05) is 26.0 Å². The lowest BCUT2D eigenvalue weighted by molar-refractivity contribution is -0.0540. The first-order chi connectivity index (χ1) is 5.21. The minimum atomic E-state index is 0.134. The van der Waals surface area contributed by atoms with Crippen molar-refractivity contribution in [3.63, 3.8) is 0 Å². The van der Waals surface area contributed by atoms with Gasteiger partial charge in [-0.2, -0.15) is 0 Å². The summed E-state index contributed by atoms with van der Waals surface area (Å²) in [5, 5.41) is 0. The second-order valence-corrected chi connectivity index (χ2v) is 3.64. The van der Waals surface area contributed by atoms with Gasteiger partial charge in [0.25, 0.3) is 0 Å². The molecule has 1 rings (SSSR count). The van der Waals surface area contributed by atoms with Gasteiger partial charge in [-0.15, -0.1) is 0 Å². The van der Waals surface area contributed by atoms with Gasteiger partial charge in [0.2, 0.25) is 0 Å². The standard InChI is InChI=1S/C10H18O/c1-9(2)10(11-3)7-5-4-6-8-10/h4-5,9H,6-8H2,1-3H3/t10-/m0/s1. The molecule has 0 heterocycles. The third-order valence-electron chi connectivity index (χ3n) is 2.82. The lowest BCUT2D eigenvalue weighted by atomic mass is 9.80. The zero-order valence-corrected chi connectivity index (χ0v) is 7.76. The molecule has 0 saturated heterocycles. The van der Waals surface area contributed by atoms with Crippen molar-refractivity contribution in [2.75, 3.05) is 7.11 Å². The molecule has 0 aromatic heterocycles. The maximum Gasteiger partial charge on any atom is 0.0738 e. The SMILES string of the molecule is CO[C@@]1(C(C)C)CC=CCC1. The summed E-state index contributed by atoms with van der Waals surface area (Å²) in [6, 6.07) is 0. The first-order valence-electron chi connectivity index (χ1n) is 4.41. The second kappa shape index (κ2) is 3.40. The number of hydrogen-bond acceptors (Lipinski definition) is 1. The Morgan fingerprint density at radius 2 is 2.09 bits per heavy atom. The summed E-state index contributed by atoms with van der Waals surface area (Å²) in [6.07, 6.45) is 7.93. The zero-order valence-electron chi connectivity index (χ0n) is 7.76. The monoisotopic (exact) mass is 154 g/mol. The van der Waals surface area contributed by atoms with Crippen LogP contribution in [0.4, 0.5) is 0 Å². The lowest BCUT2D eigenvalue weighted by Crippen LogP contribution is -2.37. The molecule has 11 heavy (non-hydrogen) atoms. The number of rotatable bonds is 2. The summed E-state index contributed by atoms with van der Waals surface area (Å²) in [5.74, 6) is 0.623. The van der Waals surface area contributed by atoms with E-state index in [0.29, 0.717) is 5.92 Å². The fraction of sp³-hybridized carbons (Fsp3) is 0.800. The van der Waals surface area contributed by atoms with Crippen LogP contribution in [0.2, 0.25) is 0 Å². The molecule has 1 atom stereocenters. The molecule has 1 aliphatic rings. The van der Waals surface area contributed by atoms with E-state index in [1.807, 2.05) is 7.11 Å². The summed E-state index contributed by atoms with van der Waals surface area (Å²) >= 11 is 0. The average Bonchev–Trinajstić information content (AvgIpc) is 2.05. The van der Waals surface area contributed by atoms with E-state index in [-0.39, 0.29) is 5.60 Å². The predicted molar refractivity (Wildman–Crippen MR) is 47.6 cm³/mol. The Balaban J connectivity index is 2.67. The molecule has 1 aliphatic carbocycles. The lowest BCUT2D eigenvalue weighted by Gasteiger charge is -2.37. The summed E-state index contributed by atoms with van der Waals surface area (Å²) in [6.45, 7) is 4.48. The molecule has 0 unspecified atom stereocenters. The Bertz CT molecular complexity index is 149. The van der Waals surface area contributed by atoms with Crippen molar-refractivity contribution in [3.05, 3.63) is 12.2 Å². The van der Waals surface area contributed by atoms with Gasteiger partial charge in [-0.3, -0.25) is 0 Å². The van der Waals surface area contributed by atoms with E-state index >= 15 is 0 Å². The van der Waals surface area contributed by atoms with Crippen molar-refractivity contribution in [1.29, 1.82) is 0 Å². The van der Waals surface area contributed by atoms with Gasteiger partial charge in [0.05, 0.1) is 5.60 Å². The topological polar surface area (TPSA) is 9.23 Å². The van der Waals surface area contributed by atoms with Crippen molar-refractivity contribution < 1.29 is 4.74 Å². The smallest absolute Gasteiger partial charge is 0.0738 e. The highest BCUT2D eigenvalue weighted by Crippen LogP contribution is 2.33. The molecule has 0 fully saturated rings. The Morgan fingerprint density at radius 3 is 2.36 bits per heavy atom. The second-order valence-electron chi connectivity index (χ2n) is 3.64. The van der Waals surface area contributed by atoms with Crippen LogP contribution in [0, 0.1) is 5.92 Å². The Labute approximate surface area is 69.4 Å². The van der Waals surface area contributed by atoms with Gasteiger partial charge in [0.1, 0.15) is 0 Å². The number of hydrogen-bond donors (Lipinski definition) is 0. The summed E-state index contributed by atoms with van der Waals surface area (Å²) in [5.41, 5.74) is 0.134. The van der Waals surface area contributed by atoms with Gasteiger partial charge in [-0.05, 0) is 25.2 Å². The van der Waals surface area contributed by atoms with Gasteiger partial charge in [0, 0.05) is 7.11 Å². The molecular formula is C10H18O. The van der Waals surface area contributed by atoms with Crippen molar-refractivity contribution in [2.45, 2.75) is 38.7 Å². The van der Waals surface area contributed by atoms with E-state index in [0.717, 1.165) is 6.42 Å². The van der Waals surface area contributed by atoms with Crippen LogP contribution >= 0.6 is 0 Å². The highest BCUT2D eigenvalue weighted by atomic mass is 16.5. The normalized spacial score (nSPS) is 31.3. The van der Waals surface area contributed by atoms with Crippen LogP contribution in [0.1, 0.15) is 33.1 Å². The van der Waals surface area contributed by atoms with Crippen LogP contribution < -0.4 is 0 Å². The van der Waals surface area contributed by atoms with E-state index in [1.54, 1.807) is 0 Å². The first kappa shape index (κ1) is 8.79. The van der Waals surface area contributed by atoms with Crippen LogP contribution in [0.5, 0.6) is 0 Å². The van der Waals surface area contributed by atoms with Crippen molar-refractivity contribution in [2.24, 2.45) is 5.92 Å². The Kier molecular flexibility index (Phi) is 2.72. The molecule has 0 aliphatic heterocycles. The summed E-state index contributed by atoms with van der Waals surface area (Å²) < 4.78 is 5.59. The van der Waals surface area contributed by atoms with E-state index in [1.165, 1.54) is 12.8 Å². The predicted octanol–water partition coefficient (Wildman–Crippen LogP) is 2.77. The van der Waals surface area contributed by atoms with Crippen LogP contribution in [0.15, 0.2) is 12.2 Å². The van der Waals surface area contributed by atoms with Gasteiger partial charge >= 0.3 is 0 Å². The quantitative estimate of drug-likeness (QED) is 0.556. The van der Waals surface area contributed by atoms with E-state index < -0.39 is 0 Å². The molecule has 1 heteroatoms. The molecule has 0 bridgehead atoms. The fourth-order valence-electron chi connectivity index (χ4n) is 1.78. The number of methoxy groups -OCH3 is 1. The Morgan fingerprint density at radius 1 is 1.36 bits per heavy atom. The highest BCUT2D eigenvalue weighted by Gasteiger charge is 2.32. The summed E-state index contributed by atoms with van der Waals surface area (Å²) in [7, 11) is 1.83. The van der Waals surface area contributed by atoms with Crippen LogP contribution in [0.3, 0.4) is 0 Å². The molecule has 0 radical (unpaired) electrons. The highest BCUT2D eigenvalue weighted by molar-refractivity contribution is 5.00. The fourth-order valence-corrected chi connectivity index (χ4v) is 1.78. The minimum absolute atomic E-state index is 0.134. The van der Waals surface area contributed by atoms with Gasteiger partial charge < -0.3 is 4.74 Å². The van der Waals surface area contributed by atoms with E-state index in [9.17, 15) is 0 Å². The largest absolute Gasteiger partial charge is 0.378 e. The minimum Gasteiger partial charge on any atom is -0.378 e. The van der Waals surface area contributed by atoms with E-state index in [2.05, 4.69) is 26.0 Å². The number of allylic oxidation sites excluding steroid dienone is 1. The molecule has 0 N–H and O–H groups in total. The van der Waals surface area contributed by atoms with Crippen LogP contribution in [0.25, 0.3) is 0 Å². The molecule has 0 saturated carbocycles. The van der Waals surface area contributed by atoms with Crippen molar-refractivity contribution in [3.8, 4) is 0 Å². The summed E-state index contributed by atoms with van der Waals surface area (Å²) in [4.78, 5) is 0. The third kappa shape index (κ3) is 1.64. The molecular weight excluding hydrogens is 136 g/mol. The Hall–Kier alpha value is -0.300. The maximum atomic E-state index is 5.59. The third-order valence-corrected chi connectivity index (χ3v) is 2.82. The maximum absolute atomic E-state index is 5.59. The van der Waals surface area contributed by atoms with Crippen LogP contribution in [-0.2, 0) is 4.74 Å². The average molecular weight is 154 g/mol. The molecule has 1 nitrogen and oxygen atoms in total. The van der Waals surface area contributed by atoms with Gasteiger partial charge in [-0.25, -0.2) is 0 Å². The molecule has 0 aromatic carbocycles. The molecule has 0 spiro atoms. The number of ether oxygens (including phenoxy) is 1. The zero-order chi connectivity index (χ0) is 8.32. The van der Waals surface area contributed by atoms with E-state index in [4.69, 9.17) is 4.74 Å². The van der Waals surface area contributed by atoms with Crippen molar-refractivity contribution >= 4 is 0 Å². The van der Waals surface area contributed by atoms with Crippen molar-refractivity contribution in [1.82, 2.24) is 0 Å². The van der Waals surface area contributed by atoms with Gasteiger partial charge in [0.15, 0.2) is 0 Å².